The summed E-state index contributed by atoms with van der Waals surface area (Å²) < 4.78 is 13.5. The Bertz CT molecular complexity index is 289. The van der Waals surface area contributed by atoms with Crippen molar-refractivity contribution in [2.24, 2.45) is 5.16 Å². The van der Waals surface area contributed by atoms with Gasteiger partial charge in [-0.15, -0.1) is 0 Å². The van der Waals surface area contributed by atoms with Crippen molar-refractivity contribution >= 4 is 22.1 Å². The van der Waals surface area contributed by atoms with E-state index >= 15 is 0 Å². The van der Waals surface area contributed by atoms with Gasteiger partial charge in [-0.3, -0.25) is 0 Å². The molecule has 2 nitrogen and oxygen atoms in total. The normalized spacial score (nSPS) is 9.54. The Morgan fingerprint density at radius 3 is 2.54 bits per heavy atom. The van der Waals surface area contributed by atoms with Crippen LogP contribution in [0.25, 0.3) is 0 Å². The van der Waals surface area contributed by atoms with Gasteiger partial charge < -0.3 is 5.21 Å². The van der Waals surface area contributed by atoms with Crippen LogP contribution in [0, 0.1) is 5.82 Å². The van der Waals surface area contributed by atoms with Gasteiger partial charge in [-0.05, 0) is 18.2 Å². The maximum absolute atomic E-state index is 12.8. The molecule has 1 N–H and O–H groups in total. The third-order valence-electron chi connectivity index (χ3n) is 1.16. The lowest BCUT2D eigenvalue weighted by atomic mass is 10.2. The van der Waals surface area contributed by atoms with Gasteiger partial charge in [0, 0.05) is 10.0 Å². The van der Waals surface area contributed by atoms with Crippen molar-refractivity contribution in [2.45, 2.75) is 13.8 Å². The molecule has 0 radical (unpaired) electrons. The number of halogens is 2. The molecule has 0 atom stereocenters. The molecule has 13 heavy (non-hydrogen) atoms. The molecule has 72 valence electrons. The Labute approximate surface area is 85.2 Å². The second-order valence-electron chi connectivity index (χ2n) is 1.91. The molecule has 1 rings (SSSR count). The lowest BCUT2D eigenvalue weighted by Crippen LogP contribution is -1.86. The first kappa shape index (κ1) is 12.1. The summed E-state index contributed by atoms with van der Waals surface area (Å²) in [6, 6.07) is 4.48. The molecule has 1 aromatic carbocycles. The van der Waals surface area contributed by atoms with Gasteiger partial charge in [-0.2, -0.15) is 0 Å². The fourth-order valence-electron chi connectivity index (χ4n) is 0.668. The van der Waals surface area contributed by atoms with E-state index in [4.69, 9.17) is 5.21 Å². The summed E-state index contributed by atoms with van der Waals surface area (Å²) in [5.41, 5.74) is 0.260. The van der Waals surface area contributed by atoms with Crippen molar-refractivity contribution in [3.63, 3.8) is 0 Å². The number of oxime groups is 1. The molecular formula is C9H11BrFNO. The minimum Gasteiger partial charge on any atom is -0.411 e. The summed E-state index contributed by atoms with van der Waals surface area (Å²) in [7, 11) is 0. The summed E-state index contributed by atoms with van der Waals surface area (Å²) in [4.78, 5) is 0. The summed E-state index contributed by atoms with van der Waals surface area (Å²) in [6.07, 6.45) is 1.04. The molecule has 0 aliphatic rings. The van der Waals surface area contributed by atoms with E-state index < -0.39 is 5.82 Å². The van der Waals surface area contributed by atoms with Crippen LogP contribution in [0.4, 0.5) is 4.39 Å². The number of nitrogens with zero attached hydrogens (tertiary/aromatic N) is 1. The lowest BCUT2D eigenvalue weighted by molar-refractivity contribution is 0.321. The molecule has 0 spiro atoms. The monoisotopic (exact) mass is 247 g/mol. The Morgan fingerprint density at radius 2 is 2.08 bits per heavy atom. The van der Waals surface area contributed by atoms with E-state index in [0.717, 1.165) is 6.21 Å². The fraction of sp³-hybridized carbons (Fsp3) is 0.222. The largest absolute Gasteiger partial charge is 0.411 e. The summed E-state index contributed by atoms with van der Waals surface area (Å²) in [6.45, 7) is 4.00. The Balaban J connectivity index is 0.000000671. The van der Waals surface area contributed by atoms with Crippen molar-refractivity contribution in [2.75, 3.05) is 0 Å². The van der Waals surface area contributed by atoms with Crippen LogP contribution in [0.1, 0.15) is 19.4 Å². The van der Waals surface area contributed by atoms with E-state index in [2.05, 4.69) is 21.1 Å². The van der Waals surface area contributed by atoms with Crippen molar-refractivity contribution in [3.8, 4) is 0 Å². The zero-order chi connectivity index (χ0) is 10.3. The molecule has 0 aliphatic heterocycles. The molecule has 1 aromatic rings. The van der Waals surface area contributed by atoms with Crippen molar-refractivity contribution in [1.29, 1.82) is 0 Å². The molecule has 0 amide bonds. The molecule has 0 bridgehead atoms. The molecule has 0 saturated carbocycles. The molecule has 0 aromatic heterocycles. The fourth-order valence-corrected chi connectivity index (χ4v) is 1.00. The van der Waals surface area contributed by atoms with E-state index in [1.165, 1.54) is 12.1 Å². The van der Waals surface area contributed by atoms with Crippen LogP contribution in [-0.2, 0) is 0 Å². The topological polar surface area (TPSA) is 32.6 Å². The van der Waals surface area contributed by atoms with Gasteiger partial charge in [0.2, 0.25) is 0 Å². The second kappa shape index (κ2) is 6.60. The van der Waals surface area contributed by atoms with Gasteiger partial charge in [0.25, 0.3) is 0 Å². The molecule has 0 aliphatic carbocycles. The average Bonchev–Trinajstić information content (AvgIpc) is 2.14. The van der Waals surface area contributed by atoms with Crippen molar-refractivity contribution in [3.05, 3.63) is 34.1 Å². The van der Waals surface area contributed by atoms with Crippen LogP contribution in [0.5, 0.6) is 0 Å². The SMILES string of the molecule is CC.ON=Cc1ccc(Br)cc1F. The first-order chi connectivity index (χ1) is 6.24. The Hall–Kier alpha value is -0.900. The van der Waals surface area contributed by atoms with E-state index in [-0.39, 0.29) is 5.56 Å². The summed E-state index contributed by atoms with van der Waals surface area (Å²) in [5.74, 6) is -0.419. The van der Waals surface area contributed by atoms with Crippen LogP contribution in [-0.4, -0.2) is 11.4 Å². The van der Waals surface area contributed by atoms with E-state index in [0.29, 0.717) is 4.47 Å². The van der Waals surface area contributed by atoms with Crippen molar-refractivity contribution < 1.29 is 9.60 Å². The van der Waals surface area contributed by atoms with Gasteiger partial charge in [0.1, 0.15) is 5.82 Å². The number of benzene rings is 1. The van der Waals surface area contributed by atoms with E-state index in [1.807, 2.05) is 13.8 Å². The first-order valence-electron chi connectivity index (χ1n) is 3.86. The minimum absolute atomic E-state index is 0.260. The van der Waals surface area contributed by atoms with Crippen LogP contribution < -0.4 is 0 Å². The summed E-state index contributed by atoms with van der Waals surface area (Å²) in [5, 5.41) is 10.8. The van der Waals surface area contributed by atoms with E-state index in [1.54, 1.807) is 6.07 Å². The number of rotatable bonds is 1. The third-order valence-corrected chi connectivity index (χ3v) is 1.65. The zero-order valence-corrected chi connectivity index (χ0v) is 9.05. The number of hydrogen-bond donors (Lipinski definition) is 1. The van der Waals surface area contributed by atoms with Crippen LogP contribution >= 0.6 is 15.9 Å². The maximum atomic E-state index is 12.8. The van der Waals surface area contributed by atoms with Crippen LogP contribution in [0.2, 0.25) is 0 Å². The second-order valence-corrected chi connectivity index (χ2v) is 2.83. The third kappa shape index (κ3) is 4.03. The van der Waals surface area contributed by atoms with Crippen LogP contribution in [0.3, 0.4) is 0 Å². The molecule has 0 unspecified atom stereocenters. The van der Waals surface area contributed by atoms with Gasteiger partial charge in [-0.1, -0.05) is 34.9 Å². The van der Waals surface area contributed by atoms with Crippen LogP contribution in [0.15, 0.2) is 27.8 Å². The number of hydrogen-bond acceptors (Lipinski definition) is 2. The Morgan fingerprint density at radius 1 is 1.46 bits per heavy atom. The summed E-state index contributed by atoms with van der Waals surface area (Å²) >= 11 is 3.10. The van der Waals surface area contributed by atoms with E-state index in [9.17, 15) is 4.39 Å². The average molecular weight is 248 g/mol. The maximum Gasteiger partial charge on any atom is 0.133 e. The highest BCUT2D eigenvalue weighted by molar-refractivity contribution is 9.10. The highest BCUT2D eigenvalue weighted by Crippen LogP contribution is 2.13. The molecule has 0 heterocycles. The van der Waals surface area contributed by atoms with Gasteiger partial charge in [0.05, 0.1) is 6.21 Å². The highest BCUT2D eigenvalue weighted by atomic mass is 79.9. The molecule has 4 heteroatoms. The molecule has 0 saturated heterocycles. The minimum atomic E-state index is -0.419. The molecular weight excluding hydrogens is 237 g/mol. The standard InChI is InChI=1S/C7H5BrFNO.C2H6/c8-6-2-1-5(4-10-11)7(9)3-6;1-2/h1-4,11H;1-2H3. The highest BCUT2D eigenvalue weighted by Gasteiger charge is 1.98. The predicted octanol–water partition coefficient (Wildman–Crippen LogP) is 3.42. The predicted molar refractivity (Wildman–Crippen MR) is 54.8 cm³/mol. The van der Waals surface area contributed by atoms with Gasteiger partial charge in [0.15, 0.2) is 0 Å². The smallest absolute Gasteiger partial charge is 0.133 e. The van der Waals surface area contributed by atoms with Crippen molar-refractivity contribution in [1.82, 2.24) is 0 Å². The van der Waals surface area contributed by atoms with Gasteiger partial charge in [-0.25, -0.2) is 4.39 Å². The van der Waals surface area contributed by atoms with Gasteiger partial charge >= 0.3 is 0 Å². The lowest BCUT2D eigenvalue weighted by Gasteiger charge is -1.94. The quantitative estimate of drug-likeness (QED) is 0.461. The molecule has 0 fully saturated rings. The first-order valence-corrected chi connectivity index (χ1v) is 4.66. The zero-order valence-electron chi connectivity index (χ0n) is 7.46. The Kier molecular flexibility index (Phi) is 6.14.